The Kier molecular flexibility index (Phi) is 5.73. The van der Waals surface area contributed by atoms with E-state index in [0.29, 0.717) is 25.6 Å². The van der Waals surface area contributed by atoms with E-state index in [9.17, 15) is 4.79 Å². The van der Waals surface area contributed by atoms with Gasteiger partial charge in [-0.1, -0.05) is 12.1 Å². The van der Waals surface area contributed by atoms with Crippen LogP contribution in [0.3, 0.4) is 0 Å². The van der Waals surface area contributed by atoms with Gasteiger partial charge in [-0.05, 0) is 58.2 Å². The number of ether oxygens (including phenoxy) is 3. The summed E-state index contributed by atoms with van der Waals surface area (Å²) in [5, 5.41) is 0. The molecule has 2 aliphatic heterocycles. The Morgan fingerprint density at radius 2 is 1.86 bits per heavy atom. The molecule has 2 heterocycles. The van der Waals surface area contributed by atoms with Gasteiger partial charge in [0.15, 0.2) is 18.1 Å². The molecule has 0 saturated carbocycles. The summed E-state index contributed by atoms with van der Waals surface area (Å²) < 4.78 is 17.4. The number of piperazine rings is 1. The van der Waals surface area contributed by atoms with Crippen molar-refractivity contribution in [3.63, 3.8) is 0 Å². The van der Waals surface area contributed by atoms with E-state index in [1.54, 1.807) is 0 Å². The summed E-state index contributed by atoms with van der Waals surface area (Å²) in [4.78, 5) is 16.7. The monoisotopic (exact) mass is 446 g/mol. The van der Waals surface area contributed by atoms with E-state index in [2.05, 4.69) is 26.9 Å². The molecule has 0 spiro atoms. The minimum Gasteiger partial charge on any atom is -0.483 e. The lowest BCUT2D eigenvalue weighted by molar-refractivity contribution is -0.135. The number of benzene rings is 2. The summed E-state index contributed by atoms with van der Waals surface area (Å²) >= 11 is 3.48. The SMILES string of the molecule is Cc1ccc(OCC(=O)N2CCN(Cc3ccc4c(c3)OCO4)CC2)c(Br)c1. The van der Waals surface area contributed by atoms with Gasteiger partial charge in [-0.2, -0.15) is 0 Å². The summed E-state index contributed by atoms with van der Waals surface area (Å²) in [5.41, 5.74) is 2.33. The zero-order chi connectivity index (χ0) is 19.5. The first-order chi connectivity index (χ1) is 13.6. The number of carbonyl (C=O) groups is 1. The zero-order valence-corrected chi connectivity index (χ0v) is 17.4. The highest BCUT2D eigenvalue weighted by Crippen LogP contribution is 2.33. The van der Waals surface area contributed by atoms with Crippen molar-refractivity contribution >= 4 is 21.8 Å². The van der Waals surface area contributed by atoms with Gasteiger partial charge in [-0.25, -0.2) is 0 Å². The Morgan fingerprint density at radius 3 is 2.64 bits per heavy atom. The lowest BCUT2D eigenvalue weighted by atomic mass is 10.1. The number of rotatable bonds is 5. The minimum absolute atomic E-state index is 0.0233. The smallest absolute Gasteiger partial charge is 0.260 e. The quantitative estimate of drug-likeness (QED) is 0.705. The van der Waals surface area contributed by atoms with E-state index >= 15 is 0 Å². The number of fused-ring (bicyclic) bond motifs is 1. The van der Waals surface area contributed by atoms with Crippen LogP contribution >= 0.6 is 15.9 Å². The standard InChI is InChI=1S/C21H23BrN2O4/c1-15-2-4-18(17(22)10-15)26-13-21(25)24-8-6-23(7-9-24)12-16-3-5-19-20(11-16)28-14-27-19/h2-5,10-11H,6-9,12-14H2,1H3. The molecule has 0 aromatic heterocycles. The van der Waals surface area contributed by atoms with Gasteiger partial charge in [-0.3, -0.25) is 9.69 Å². The fourth-order valence-electron chi connectivity index (χ4n) is 3.41. The van der Waals surface area contributed by atoms with Crippen LogP contribution in [0.5, 0.6) is 17.2 Å². The van der Waals surface area contributed by atoms with Crippen molar-refractivity contribution in [1.29, 1.82) is 0 Å². The van der Waals surface area contributed by atoms with Gasteiger partial charge in [0.2, 0.25) is 6.79 Å². The Hall–Kier alpha value is -2.25. The molecule has 2 aromatic rings. The number of amides is 1. The van der Waals surface area contributed by atoms with E-state index in [1.807, 2.05) is 42.2 Å². The summed E-state index contributed by atoms with van der Waals surface area (Å²) in [5.74, 6) is 2.33. The second-order valence-corrected chi connectivity index (χ2v) is 7.92. The first-order valence-corrected chi connectivity index (χ1v) is 10.2. The molecule has 0 atom stereocenters. The maximum Gasteiger partial charge on any atom is 0.260 e. The molecular formula is C21H23BrN2O4. The van der Waals surface area contributed by atoms with Gasteiger partial charge in [-0.15, -0.1) is 0 Å². The van der Waals surface area contributed by atoms with E-state index in [4.69, 9.17) is 14.2 Å². The molecule has 4 rings (SSSR count). The molecule has 1 fully saturated rings. The van der Waals surface area contributed by atoms with Crippen molar-refractivity contribution in [3.05, 3.63) is 52.0 Å². The molecule has 0 aliphatic carbocycles. The summed E-state index contributed by atoms with van der Waals surface area (Å²) in [6.45, 7) is 6.31. The second kappa shape index (κ2) is 8.41. The average Bonchev–Trinajstić information content (AvgIpc) is 3.15. The number of nitrogens with zero attached hydrogens (tertiary/aromatic N) is 2. The molecular weight excluding hydrogens is 424 g/mol. The number of halogens is 1. The molecule has 6 nitrogen and oxygen atoms in total. The van der Waals surface area contributed by atoms with Crippen LogP contribution in [-0.4, -0.2) is 55.3 Å². The Bertz CT molecular complexity index is 865. The van der Waals surface area contributed by atoms with Crippen molar-refractivity contribution in [3.8, 4) is 17.2 Å². The first-order valence-electron chi connectivity index (χ1n) is 9.36. The van der Waals surface area contributed by atoms with E-state index in [-0.39, 0.29) is 12.5 Å². The van der Waals surface area contributed by atoms with Crippen LogP contribution in [0.25, 0.3) is 0 Å². The molecule has 1 saturated heterocycles. The zero-order valence-electron chi connectivity index (χ0n) is 15.8. The van der Waals surface area contributed by atoms with Crippen LogP contribution in [0.1, 0.15) is 11.1 Å². The maximum atomic E-state index is 12.5. The van der Waals surface area contributed by atoms with Crippen molar-refractivity contribution in [2.24, 2.45) is 0 Å². The molecule has 0 N–H and O–H groups in total. The molecule has 148 valence electrons. The Morgan fingerprint density at radius 1 is 1.07 bits per heavy atom. The van der Waals surface area contributed by atoms with Crippen LogP contribution in [0.2, 0.25) is 0 Å². The minimum atomic E-state index is 0.0233. The number of aryl methyl sites for hydroxylation is 1. The molecule has 0 unspecified atom stereocenters. The van der Waals surface area contributed by atoms with Gasteiger partial charge in [0, 0.05) is 32.7 Å². The van der Waals surface area contributed by atoms with Crippen molar-refractivity contribution in [2.45, 2.75) is 13.5 Å². The third-order valence-corrected chi connectivity index (χ3v) is 5.63. The molecule has 0 radical (unpaired) electrons. The molecule has 7 heteroatoms. The van der Waals surface area contributed by atoms with Crippen LogP contribution in [0, 0.1) is 6.92 Å². The van der Waals surface area contributed by atoms with Crippen molar-refractivity contribution < 1.29 is 19.0 Å². The first kappa shape index (κ1) is 19.1. The molecule has 2 aliphatic rings. The van der Waals surface area contributed by atoms with E-state index in [0.717, 1.165) is 41.2 Å². The fraction of sp³-hybridized carbons (Fsp3) is 0.381. The van der Waals surface area contributed by atoms with Gasteiger partial charge in [0.05, 0.1) is 4.47 Å². The summed E-state index contributed by atoms with van der Waals surface area (Å²) in [6, 6.07) is 11.9. The van der Waals surface area contributed by atoms with E-state index in [1.165, 1.54) is 5.56 Å². The van der Waals surface area contributed by atoms with Gasteiger partial charge >= 0.3 is 0 Å². The topological polar surface area (TPSA) is 51.2 Å². The number of hydrogen-bond donors (Lipinski definition) is 0. The van der Waals surface area contributed by atoms with Crippen molar-refractivity contribution in [2.75, 3.05) is 39.6 Å². The molecule has 2 aromatic carbocycles. The summed E-state index contributed by atoms with van der Waals surface area (Å²) in [6.07, 6.45) is 0. The largest absolute Gasteiger partial charge is 0.483 e. The highest BCUT2D eigenvalue weighted by Gasteiger charge is 2.22. The number of hydrogen-bond acceptors (Lipinski definition) is 5. The summed E-state index contributed by atoms with van der Waals surface area (Å²) in [7, 11) is 0. The van der Waals surface area contributed by atoms with Crippen LogP contribution in [-0.2, 0) is 11.3 Å². The third kappa shape index (κ3) is 4.42. The maximum absolute atomic E-state index is 12.5. The molecule has 28 heavy (non-hydrogen) atoms. The third-order valence-electron chi connectivity index (χ3n) is 5.01. The molecule has 0 bridgehead atoms. The predicted molar refractivity (Wildman–Crippen MR) is 109 cm³/mol. The van der Waals surface area contributed by atoms with E-state index < -0.39 is 0 Å². The lowest BCUT2D eigenvalue weighted by Gasteiger charge is -2.34. The van der Waals surface area contributed by atoms with Gasteiger partial charge < -0.3 is 19.1 Å². The van der Waals surface area contributed by atoms with Crippen LogP contribution in [0.15, 0.2) is 40.9 Å². The normalized spacial score (nSPS) is 16.3. The van der Waals surface area contributed by atoms with Crippen molar-refractivity contribution in [1.82, 2.24) is 9.80 Å². The molecule has 1 amide bonds. The highest BCUT2D eigenvalue weighted by molar-refractivity contribution is 9.10. The highest BCUT2D eigenvalue weighted by atomic mass is 79.9. The van der Waals surface area contributed by atoms with Crippen LogP contribution < -0.4 is 14.2 Å². The Balaban J connectivity index is 1.25. The van der Waals surface area contributed by atoms with Crippen LogP contribution in [0.4, 0.5) is 0 Å². The second-order valence-electron chi connectivity index (χ2n) is 7.07. The number of carbonyl (C=O) groups excluding carboxylic acids is 1. The fourth-order valence-corrected chi connectivity index (χ4v) is 4.01. The van der Waals surface area contributed by atoms with Gasteiger partial charge in [0.25, 0.3) is 5.91 Å². The average molecular weight is 447 g/mol. The predicted octanol–water partition coefficient (Wildman–Crippen LogP) is 3.21. The lowest BCUT2D eigenvalue weighted by Crippen LogP contribution is -2.49. The Labute approximate surface area is 173 Å². The van der Waals surface area contributed by atoms with Gasteiger partial charge in [0.1, 0.15) is 5.75 Å².